The number of imidazole rings is 1. The summed E-state index contributed by atoms with van der Waals surface area (Å²) in [5, 5.41) is 23.4. The summed E-state index contributed by atoms with van der Waals surface area (Å²) in [6, 6.07) is 0. The first-order valence-corrected chi connectivity index (χ1v) is 14.0. The average Bonchev–Trinajstić information content (AvgIpc) is 3.36. The molecule has 1 aliphatic heterocycles. The van der Waals surface area contributed by atoms with E-state index in [1.165, 1.54) is 42.9 Å². The first-order chi connectivity index (χ1) is 16.7. The van der Waals surface area contributed by atoms with Gasteiger partial charge in [0.05, 0.1) is 12.1 Å². The van der Waals surface area contributed by atoms with Crippen LogP contribution in [0.25, 0.3) is 11.2 Å². The monoisotopic (exact) mass is 512 g/mol. The molecule has 12 nitrogen and oxygen atoms in total. The molecule has 5 N–H and O–H groups in total. The van der Waals surface area contributed by atoms with E-state index in [0.29, 0.717) is 17.6 Å². The van der Waals surface area contributed by atoms with Crippen LogP contribution in [0.2, 0.25) is 0 Å². The highest BCUT2D eigenvalue weighted by molar-refractivity contribution is 7.92. The maximum atomic E-state index is 12.3. The van der Waals surface area contributed by atoms with Gasteiger partial charge in [0.15, 0.2) is 27.5 Å². The highest BCUT2D eigenvalue weighted by Gasteiger charge is 2.44. The van der Waals surface area contributed by atoms with Gasteiger partial charge in [-0.3, -0.25) is 9.36 Å². The molecule has 13 heteroatoms. The predicted octanol–water partition coefficient (Wildman–Crippen LogP) is 0.699. The highest BCUT2D eigenvalue weighted by atomic mass is 32.2. The van der Waals surface area contributed by atoms with Crippen molar-refractivity contribution in [1.29, 1.82) is 0 Å². The fourth-order valence-corrected chi connectivity index (χ4v) is 5.47. The van der Waals surface area contributed by atoms with Crippen LogP contribution in [0.1, 0.15) is 64.5 Å². The van der Waals surface area contributed by atoms with Crippen molar-refractivity contribution < 1.29 is 28.2 Å². The zero-order valence-corrected chi connectivity index (χ0v) is 20.9. The number of carbonyl (C=O) groups is 1. The standard InChI is InChI=1S/C22H36N6O6S/c1-2-3-4-5-6-7-8-9-10-35(32,33)12-16(29)24-11-15-18(30)19(31)22(34-15)28-14-27-17-20(23)25-13-26-21(17)28/h13-15,18-19,22,30-31H,2-12H2,1H3,(H,24,29)(H2,23,25,26)/t15-,18-,19-,22-/m1/s1. The first-order valence-electron chi connectivity index (χ1n) is 12.1. The van der Waals surface area contributed by atoms with Gasteiger partial charge in [-0.25, -0.2) is 23.4 Å². The number of anilines is 1. The van der Waals surface area contributed by atoms with Crippen molar-refractivity contribution in [2.75, 3.05) is 23.8 Å². The maximum absolute atomic E-state index is 12.3. The number of ether oxygens (including phenoxy) is 1. The third-order valence-electron chi connectivity index (χ3n) is 6.16. The van der Waals surface area contributed by atoms with E-state index in [0.717, 1.165) is 19.3 Å². The van der Waals surface area contributed by atoms with Crippen LogP contribution in [0.15, 0.2) is 12.7 Å². The number of amides is 1. The van der Waals surface area contributed by atoms with Crippen molar-refractivity contribution in [3.8, 4) is 0 Å². The lowest BCUT2D eigenvalue weighted by Gasteiger charge is -2.16. The molecular weight excluding hydrogens is 476 g/mol. The number of nitrogens with two attached hydrogens (primary N) is 1. The Morgan fingerprint density at radius 3 is 2.49 bits per heavy atom. The Hall–Kier alpha value is -2.35. The minimum absolute atomic E-state index is 0.0303. The molecule has 35 heavy (non-hydrogen) atoms. The summed E-state index contributed by atoms with van der Waals surface area (Å²) in [5.41, 5.74) is 6.43. The summed E-state index contributed by atoms with van der Waals surface area (Å²) in [4.78, 5) is 24.3. The summed E-state index contributed by atoms with van der Waals surface area (Å²) < 4.78 is 31.7. The van der Waals surface area contributed by atoms with Crippen molar-refractivity contribution in [3.63, 3.8) is 0 Å². The topological polar surface area (TPSA) is 183 Å². The number of nitrogen functional groups attached to an aromatic ring is 1. The number of nitrogens with zero attached hydrogens (tertiary/aromatic N) is 4. The lowest BCUT2D eigenvalue weighted by molar-refractivity contribution is -0.119. The number of carbonyl (C=O) groups excluding carboxylic acids is 1. The van der Waals surface area contributed by atoms with Crippen LogP contribution in [0.4, 0.5) is 5.82 Å². The van der Waals surface area contributed by atoms with Crippen LogP contribution in [-0.2, 0) is 19.4 Å². The van der Waals surface area contributed by atoms with Crippen molar-refractivity contribution in [3.05, 3.63) is 12.7 Å². The Morgan fingerprint density at radius 1 is 1.09 bits per heavy atom. The molecular formula is C22H36N6O6S. The van der Waals surface area contributed by atoms with E-state index in [1.807, 2.05) is 0 Å². The Bertz CT molecular complexity index is 1080. The number of fused-ring (bicyclic) bond motifs is 1. The fourth-order valence-electron chi connectivity index (χ4n) is 4.18. The van der Waals surface area contributed by atoms with Gasteiger partial charge in [-0.2, -0.15) is 0 Å². The predicted molar refractivity (Wildman–Crippen MR) is 130 cm³/mol. The molecule has 2 aromatic heterocycles. The molecule has 1 saturated heterocycles. The number of aliphatic hydroxyl groups excluding tert-OH is 2. The lowest BCUT2D eigenvalue weighted by Crippen LogP contribution is -2.41. The number of nitrogens with one attached hydrogen (secondary N) is 1. The van der Waals surface area contributed by atoms with E-state index in [2.05, 4.69) is 27.2 Å². The van der Waals surface area contributed by atoms with Crippen LogP contribution in [0.3, 0.4) is 0 Å². The van der Waals surface area contributed by atoms with Gasteiger partial charge in [-0.15, -0.1) is 0 Å². The van der Waals surface area contributed by atoms with Crippen molar-refractivity contribution in [1.82, 2.24) is 24.8 Å². The van der Waals surface area contributed by atoms with E-state index in [-0.39, 0.29) is 18.1 Å². The van der Waals surface area contributed by atoms with Crippen molar-refractivity contribution in [2.45, 2.75) is 82.8 Å². The Labute approximate surface area is 205 Å². The summed E-state index contributed by atoms with van der Waals surface area (Å²) in [7, 11) is -3.53. The minimum Gasteiger partial charge on any atom is -0.387 e. The van der Waals surface area contributed by atoms with Gasteiger partial charge in [-0.1, -0.05) is 51.9 Å². The molecule has 0 saturated carbocycles. The van der Waals surface area contributed by atoms with Gasteiger partial charge in [0.2, 0.25) is 5.91 Å². The van der Waals surface area contributed by atoms with Gasteiger partial charge in [0.25, 0.3) is 0 Å². The van der Waals surface area contributed by atoms with Crippen LogP contribution in [0.5, 0.6) is 0 Å². The van der Waals surface area contributed by atoms with Gasteiger partial charge in [0, 0.05) is 6.54 Å². The number of hydrogen-bond donors (Lipinski definition) is 4. The zero-order valence-electron chi connectivity index (χ0n) is 20.0. The number of rotatable bonds is 14. The second kappa shape index (κ2) is 12.6. The van der Waals surface area contributed by atoms with E-state index < -0.39 is 46.0 Å². The second-order valence-electron chi connectivity index (χ2n) is 9.00. The number of unbranched alkanes of at least 4 members (excludes halogenated alkanes) is 7. The smallest absolute Gasteiger partial charge is 0.235 e. The lowest BCUT2D eigenvalue weighted by atomic mass is 10.1. The zero-order chi connectivity index (χ0) is 25.4. The van der Waals surface area contributed by atoms with E-state index in [1.54, 1.807) is 0 Å². The van der Waals surface area contributed by atoms with Crippen molar-refractivity contribution >= 4 is 32.7 Å². The van der Waals surface area contributed by atoms with Crippen LogP contribution < -0.4 is 11.1 Å². The summed E-state index contributed by atoms with van der Waals surface area (Å²) in [5.74, 6) is -1.16. The molecule has 1 amide bonds. The summed E-state index contributed by atoms with van der Waals surface area (Å²) >= 11 is 0. The molecule has 4 atom stereocenters. The van der Waals surface area contributed by atoms with Crippen LogP contribution in [-0.4, -0.2) is 80.4 Å². The number of aromatic nitrogens is 4. The van der Waals surface area contributed by atoms with Crippen LogP contribution >= 0.6 is 0 Å². The van der Waals surface area contributed by atoms with Gasteiger partial charge in [-0.05, 0) is 6.42 Å². The van der Waals surface area contributed by atoms with Gasteiger partial charge in [0.1, 0.15) is 35.9 Å². The molecule has 3 rings (SSSR count). The van der Waals surface area contributed by atoms with E-state index in [4.69, 9.17) is 10.5 Å². The molecule has 0 unspecified atom stereocenters. The molecule has 3 heterocycles. The molecule has 0 aliphatic carbocycles. The molecule has 1 fully saturated rings. The minimum atomic E-state index is -3.53. The molecule has 0 bridgehead atoms. The Balaban J connectivity index is 1.43. The van der Waals surface area contributed by atoms with E-state index in [9.17, 15) is 23.4 Å². The SMILES string of the molecule is CCCCCCCCCCS(=O)(=O)CC(=O)NC[C@H]1O[C@@H](n2cnc3c(N)ncnc32)[C@H](O)[C@@H]1O. The third kappa shape index (κ3) is 7.32. The average molecular weight is 513 g/mol. The summed E-state index contributed by atoms with van der Waals surface area (Å²) in [6.45, 7) is 2.00. The van der Waals surface area contributed by atoms with Crippen molar-refractivity contribution in [2.24, 2.45) is 0 Å². The van der Waals surface area contributed by atoms with Gasteiger partial charge < -0.3 is 26.0 Å². The molecule has 2 aromatic rings. The number of aliphatic hydroxyl groups is 2. The third-order valence-corrected chi connectivity index (χ3v) is 7.77. The largest absolute Gasteiger partial charge is 0.387 e. The van der Waals surface area contributed by atoms with Gasteiger partial charge >= 0.3 is 0 Å². The Morgan fingerprint density at radius 2 is 1.77 bits per heavy atom. The Kier molecular flexibility index (Phi) is 9.78. The van der Waals surface area contributed by atoms with E-state index >= 15 is 0 Å². The maximum Gasteiger partial charge on any atom is 0.235 e. The van der Waals surface area contributed by atoms with Crippen LogP contribution in [0, 0.1) is 0 Å². The highest BCUT2D eigenvalue weighted by Crippen LogP contribution is 2.31. The molecule has 0 spiro atoms. The molecule has 0 aromatic carbocycles. The fraction of sp³-hybridized carbons (Fsp3) is 0.727. The number of hydrogen-bond acceptors (Lipinski definition) is 10. The molecule has 196 valence electrons. The summed E-state index contributed by atoms with van der Waals surface area (Å²) in [6.07, 6.45) is 6.29. The first kappa shape index (κ1) is 27.2. The molecule has 1 aliphatic rings. The number of sulfone groups is 1. The second-order valence-corrected chi connectivity index (χ2v) is 11.2. The molecule has 0 radical (unpaired) electrons. The normalized spacial score (nSPS) is 22.6. The quantitative estimate of drug-likeness (QED) is 0.263.